The second kappa shape index (κ2) is 3.59. The molecule has 1 aliphatic rings. The van der Waals surface area contributed by atoms with E-state index in [-0.39, 0.29) is 18.4 Å². The van der Waals surface area contributed by atoms with E-state index in [2.05, 4.69) is 0 Å². The first-order valence-electron chi connectivity index (χ1n) is 4.81. The molecule has 1 atom stereocenters. The largest absolute Gasteiger partial charge is 0.444 e. The third kappa shape index (κ3) is 2.72. The normalized spacial score (nSPS) is 22.7. The van der Waals surface area contributed by atoms with Gasteiger partial charge in [0, 0.05) is 12.5 Å². The molecule has 80 valence electrons. The van der Waals surface area contributed by atoms with Gasteiger partial charge in [-0.15, -0.1) is 0 Å². The average Bonchev–Trinajstić information content (AvgIpc) is 2.26. The molecule has 1 saturated heterocycles. The molecule has 0 radical (unpaired) electrons. The summed E-state index contributed by atoms with van der Waals surface area (Å²) in [7, 11) is 0. The summed E-state index contributed by atoms with van der Waals surface area (Å²) < 4.78 is 5.18. The van der Waals surface area contributed by atoms with Crippen molar-refractivity contribution in [3.05, 3.63) is 0 Å². The van der Waals surface area contributed by atoms with Gasteiger partial charge in [-0.1, -0.05) is 0 Å². The summed E-state index contributed by atoms with van der Waals surface area (Å²) in [5.41, 5.74) is -0.498. The van der Waals surface area contributed by atoms with Gasteiger partial charge in [-0.3, -0.25) is 9.69 Å². The van der Waals surface area contributed by atoms with Crippen molar-refractivity contribution in [1.29, 1.82) is 0 Å². The number of ketones is 1. The molecule has 14 heavy (non-hydrogen) atoms. The third-order valence-corrected chi connectivity index (χ3v) is 2.03. The van der Waals surface area contributed by atoms with E-state index in [0.717, 1.165) is 0 Å². The average molecular weight is 199 g/mol. The Labute approximate surface area is 84.2 Å². The topological polar surface area (TPSA) is 46.6 Å². The minimum atomic E-state index is -0.498. The van der Waals surface area contributed by atoms with Crippen LogP contribution in [-0.2, 0) is 9.53 Å². The van der Waals surface area contributed by atoms with Crippen molar-refractivity contribution in [2.45, 2.75) is 45.8 Å². The first-order valence-corrected chi connectivity index (χ1v) is 4.81. The maximum absolute atomic E-state index is 11.6. The van der Waals surface area contributed by atoms with Crippen LogP contribution < -0.4 is 0 Å². The number of carbonyl (C=O) groups is 2. The number of nitrogens with zero attached hydrogens (tertiary/aromatic N) is 1. The lowest BCUT2D eigenvalue weighted by molar-refractivity contribution is -0.117. The van der Waals surface area contributed by atoms with Gasteiger partial charge in [0.2, 0.25) is 0 Å². The van der Waals surface area contributed by atoms with Crippen LogP contribution in [0.15, 0.2) is 0 Å². The molecule has 0 saturated carbocycles. The van der Waals surface area contributed by atoms with Crippen molar-refractivity contribution in [3.8, 4) is 0 Å². The van der Waals surface area contributed by atoms with Crippen LogP contribution in [0.5, 0.6) is 0 Å². The van der Waals surface area contributed by atoms with Gasteiger partial charge in [0.1, 0.15) is 5.60 Å². The lowest BCUT2D eigenvalue weighted by Crippen LogP contribution is -2.38. The van der Waals surface area contributed by atoms with Gasteiger partial charge >= 0.3 is 6.09 Å². The second-order valence-corrected chi connectivity index (χ2v) is 4.70. The predicted molar refractivity (Wildman–Crippen MR) is 52.0 cm³/mol. The maximum Gasteiger partial charge on any atom is 0.410 e. The van der Waals surface area contributed by atoms with Gasteiger partial charge in [0.15, 0.2) is 5.78 Å². The van der Waals surface area contributed by atoms with Gasteiger partial charge in [-0.25, -0.2) is 4.79 Å². The number of rotatable bonds is 0. The first kappa shape index (κ1) is 11.0. The molecule has 0 N–H and O–H groups in total. The highest BCUT2D eigenvalue weighted by molar-refractivity contribution is 5.88. The maximum atomic E-state index is 11.6. The molecule has 4 heteroatoms. The molecule has 1 amide bonds. The molecule has 0 bridgehead atoms. The van der Waals surface area contributed by atoms with Gasteiger partial charge < -0.3 is 4.74 Å². The molecule has 1 rings (SSSR count). The molecular formula is C10H17NO3. The van der Waals surface area contributed by atoms with Gasteiger partial charge in [-0.05, 0) is 27.7 Å². The van der Waals surface area contributed by atoms with Crippen molar-refractivity contribution in [2.24, 2.45) is 0 Å². The lowest BCUT2D eigenvalue weighted by atomic mass is 10.2. The van der Waals surface area contributed by atoms with Crippen molar-refractivity contribution >= 4 is 11.9 Å². The minimum absolute atomic E-state index is 0.0302. The Bertz CT molecular complexity index is 255. The van der Waals surface area contributed by atoms with Crippen LogP contribution in [0.25, 0.3) is 0 Å². The zero-order valence-corrected chi connectivity index (χ0v) is 9.16. The smallest absolute Gasteiger partial charge is 0.410 e. The number of hydrogen-bond donors (Lipinski definition) is 0. The number of Topliss-reactive ketones (excluding diaryl/α,β-unsaturated/α-hetero) is 1. The van der Waals surface area contributed by atoms with E-state index in [1.54, 1.807) is 0 Å². The Hall–Kier alpha value is -1.06. The van der Waals surface area contributed by atoms with Crippen LogP contribution in [0, 0.1) is 0 Å². The summed E-state index contributed by atoms with van der Waals surface area (Å²) in [5, 5.41) is 0. The Morgan fingerprint density at radius 3 is 2.43 bits per heavy atom. The molecule has 0 aliphatic carbocycles. The highest BCUT2D eigenvalue weighted by Crippen LogP contribution is 2.17. The lowest BCUT2D eigenvalue weighted by Gasteiger charge is -2.26. The first-order chi connectivity index (χ1) is 6.29. The highest BCUT2D eigenvalue weighted by Gasteiger charge is 2.33. The summed E-state index contributed by atoms with van der Waals surface area (Å²) in [6.45, 7) is 7.49. The van der Waals surface area contributed by atoms with E-state index in [4.69, 9.17) is 4.74 Å². The number of carbonyl (C=O) groups excluding carboxylic acids is 2. The van der Waals surface area contributed by atoms with Crippen LogP contribution in [0.1, 0.15) is 34.1 Å². The minimum Gasteiger partial charge on any atom is -0.444 e. The molecule has 1 aliphatic heterocycles. The van der Waals surface area contributed by atoms with Crippen molar-refractivity contribution in [2.75, 3.05) is 6.54 Å². The van der Waals surface area contributed by atoms with E-state index in [1.807, 2.05) is 27.7 Å². The SMILES string of the molecule is CC1CC(=O)CN1C(=O)OC(C)(C)C. The van der Waals surface area contributed by atoms with Crippen molar-refractivity contribution < 1.29 is 14.3 Å². The molecule has 1 heterocycles. The molecule has 1 unspecified atom stereocenters. The van der Waals surface area contributed by atoms with Crippen molar-refractivity contribution in [1.82, 2.24) is 4.90 Å². The third-order valence-electron chi connectivity index (χ3n) is 2.03. The number of hydrogen-bond acceptors (Lipinski definition) is 3. The van der Waals surface area contributed by atoms with E-state index in [0.29, 0.717) is 6.42 Å². The zero-order chi connectivity index (χ0) is 10.9. The molecule has 0 spiro atoms. The van der Waals surface area contributed by atoms with Crippen LogP contribution in [0.3, 0.4) is 0 Å². The fourth-order valence-corrected chi connectivity index (χ4v) is 1.42. The van der Waals surface area contributed by atoms with E-state index in [1.165, 1.54) is 4.90 Å². The Morgan fingerprint density at radius 2 is 2.07 bits per heavy atom. The van der Waals surface area contributed by atoms with Crippen LogP contribution in [-0.4, -0.2) is 35.0 Å². The second-order valence-electron chi connectivity index (χ2n) is 4.70. The van der Waals surface area contributed by atoms with Gasteiger partial charge in [-0.2, -0.15) is 0 Å². The molecule has 0 aromatic rings. The molecular weight excluding hydrogens is 182 g/mol. The Morgan fingerprint density at radius 1 is 1.50 bits per heavy atom. The summed E-state index contributed by atoms with van der Waals surface area (Å²) >= 11 is 0. The monoisotopic (exact) mass is 199 g/mol. The van der Waals surface area contributed by atoms with E-state index in [9.17, 15) is 9.59 Å². The zero-order valence-electron chi connectivity index (χ0n) is 9.16. The Kier molecular flexibility index (Phi) is 2.83. The fourth-order valence-electron chi connectivity index (χ4n) is 1.42. The summed E-state index contributed by atoms with van der Waals surface area (Å²) in [5.74, 6) is 0.100. The number of amides is 1. The molecule has 1 fully saturated rings. The van der Waals surface area contributed by atoms with Gasteiger partial charge in [0.05, 0.1) is 6.54 Å². The van der Waals surface area contributed by atoms with Crippen LogP contribution in [0.4, 0.5) is 4.79 Å². The van der Waals surface area contributed by atoms with Crippen LogP contribution >= 0.6 is 0 Å². The highest BCUT2D eigenvalue weighted by atomic mass is 16.6. The number of ether oxygens (including phenoxy) is 1. The number of likely N-dealkylation sites (tertiary alicyclic amines) is 1. The van der Waals surface area contributed by atoms with Crippen LogP contribution in [0.2, 0.25) is 0 Å². The summed E-state index contributed by atoms with van der Waals surface area (Å²) in [6, 6.07) is -0.0302. The quantitative estimate of drug-likeness (QED) is 0.595. The molecule has 0 aromatic heterocycles. The summed E-state index contributed by atoms with van der Waals surface area (Å²) in [6.07, 6.45) is 0.0510. The molecule has 0 aromatic carbocycles. The van der Waals surface area contributed by atoms with E-state index >= 15 is 0 Å². The van der Waals surface area contributed by atoms with Gasteiger partial charge in [0.25, 0.3) is 0 Å². The molecule has 4 nitrogen and oxygen atoms in total. The van der Waals surface area contributed by atoms with E-state index < -0.39 is 11.7 Å². The fraction of sp³-hybridized carbons (Fsp3) is 0.800. The summed E-state index contributed by atoms with van der Waals surface area (Å²) in [4.78, 5) is 24.1. The van der Waals surface area contributed by atoms with Crippen molar-refractivity contribution in [3.63, 3.8) is 0 Å². The Balaban J connectivity index is 2.58. The standard InChI is InChI=1S/C10H17NO3/c1-7-5-8(12)6-11(7)9(13)14-10(2,3)4/h7H,5-6H2,1-4H3. The predicted octanol–water partition coefficient (Wildman–Crippen LogP) is 1.58.